The van der Waals surface area contributed by atoms with Gasteiger partial charge in [-0.05, 0) is 36.5 Å². The van der Waals surface area contributed by atoms with Crippen LogP contribution in [-0.2, 0) is 6.42 Å². The summed E-state index contributed by atoms with van der Waals surface area (Å²) < 4.78 is 40.2. The minimum atomic E-state index is -4.70. The molecule has 0 heterocycles. The average Bonchev–Trinajstić information content (AvgIpc) is 2.51. The van der Waals surface area contributed by atoms with Crippen molar-refractivity contribution in [2.24, 2.45) is 22.6 Å². The number of aliphatic imine (C=N–C) groups is 1. The van der Waals surface area contributed by atoms with Gasteiger partial charge in [-0.15, -0.1) is 13.2 Å². The molecule has 0 aliphatic carbocycles. The molecule has 1 aromatic rings. The number of aliphatic hydroxyl groups excluding tert-OH is 1. The summed E-state index contributed by atoms with van der Waals surface area (Å²) in [5.74, 6) is 0.455. The van der Waals surface area contributed by atoms with Crippen LogP contribution in [0.5, 0.6) is 5.75 Å². The maximum atomic E-state index is 12.1. The summed E-state index contributed by atoms with van der Waals surface area (Å²) in [4.78, 5) is 4.20. The molecule has 0 fully saturated rings. The number of hydrogen-bond acceptors (Lipinski definition) is 3. The van der Waals surface area contributed by atoms with Gasteiger partial charge in [0, 0.05) is 25.6 Å². The molecule has 0 spiro atoms. The molecule has 1 rings (SSSR count). The van der Waals surface area contributed by atoms with Crippen LogP contribution in [0.3, 0.4) is 0 Å². The second-order valence-corrected chi connectivity index (χ2v) is 6.28. The number of hydrogen-bond donors (Lipinski definition) is 3. The molecule has 25 heavy (non-hydrogen) atoms. The Morgan fingerprint density at radius 1 is 1.28 bits per heavy atom. The largest absolute Gasteiger partial charge is 0.573 e. The number of nitrogens with one attached hydrogen (secondary N) is 1. The summed E-state index contributed by atoms with van der Waals surface area (Å²) in [6.07, 6.45) is -3.25. The topological polar surface area (TPSA) is 79.9 Å². The van der Waals surface area contributed by atoms with Crippen LogP contribution in [0.15, 0.2) is 29.3 Å². The number of nitrogens with two attached hydrogens (primary N) is 1. The Morgan fingerprint density at radius 3 is 2.44 bits per heavy atom. The zero-order chi connectivity index (χ0) is 18.9. The van der Waals surface area contributed by atoms with E-state index in [9.17, 15) is 18.3 Å². The van der Waals surface area contributed by atoms with E-state index in [0.717, 1.165) is 18.5 Å². The average molecular weight is 361 g/mol. The first-order valence-electron chi connectivity index (χ1n) is 8.19. The Kier molecular flexibility index (Phi) is 8.54. The smallest absolute Gasteiger partial charge is 0.406 e. The lowest BCUT2D eigenvalue weighted by molar-refractivity contribution is -0.274. The molecule has 0 aliphatic heterocycles. The highest BCUT2D eigenvalue weighted by molar-refractivity contribution is 5.77. The number of rotatable bonds is 9. The molecule has 142 valence electrons. The lowest BCUT2D eigenvalue weighted by Gasteiger charge is -2.14. The standard InChI is InChI=1S/C17H26F3N3O2/c1-12(2)7-8-22-16(21)23-10-14(11-24)9-13-3-5-15(6-4-13)25-17(18,19)20/h3-6,12,14,24H,7-11H2,1-2H3,(H3,21,22,23). The molecule has 0 aromatic heterocycles. The molecule has 4 N–H and O–H groups in total. The highest BCUT2D eigenvalue weighted by atomic mass is 19.4. The highest BCUT2D eigenvalue weighted by Gasteiger charge is 2.30. The zero-order valence-electron chi connectivity index (χ0n) is 14.5. The molecular weight excluding hydrogens is 335 g/mol. The number of alkyl halides is 3. The van der Waals surface area contributed by atoms with Gasteiger partial charge in [0.05, 0.1) is 0 Å². The van der Waals surface area contributed by atoms with Crippen molar-refractivity contribution in [3.8, 4) is 5.75 Å². The lowest BCUT2D eigenvalue weighted by Crippen LogP contribution is -2.33. The summed E-state index contributed by atoms with van der Waals surface area (Å²) in [7, 11) is 0. The van der Waals surface area contributed by atoms with Crippen molar-refractivity contribution >= 4 is 5.96 Å². The van der Waals surface area contributed by atoms with Crippen LogP contribution in [0, 0.1) is 11.8 Å². The molecule has 1 aromatic carbocycles. The van der Waals surface area contributed by atoms with E-state index in [2.05, 4.69) is 28.9 Å². The van der Waals surface area contributed by atoms with Crippen LogP contribution >= 0.6 is 0 Å². The van der Waals surface area contributed by atoms with Crippen LogP contribution < -0.4 is 15.8 Å². The number of aliphatic hydroxyl groups is 1. The van der Waals surface area contributed by atoms with E-state index in [-0.39, 0.29) is 18.3 Å². The summed E-state index contributed by atoms with van der Waals surface area (Å²) in [6.45, 7) is 5.20. The predicted octanol–water partition coefficient (Wildman–Crippen LogP) is 2.69. The van der Waals surface area contributed by atoms with E-state index in [1.807, 2.05) is 0 Å². The monoisotopic (exact) mass is 361 g/mol. The van der Waals surface area contributed by atoms with E-state index in [0.29, 0.717) is 24.8 Å². The van der Waals surface area contributed by atoms with Crippen molar-refractivity contribution in [3.63, 3.8) is 0 Å². The molecule has 0 saturated carbocycles. The Balaban J connectivity index is 2.49. The van der Waals surface area contributed by atoms with E-state index in [1.54, 1.807) is 0 Å². The second kappa shape index (κ2) is 10.1. The van der Waals surface area contributed by atoms with Crippen molar-refractivity contribution in [1.82, 2.24) is 5.32 Å². The van der Waals surface area contributed by atoms with Gasteiger partial charge in [-0.1, -0.05) is 26.0 Å². The lowest BCUT2D eigenvalue weighted by atomic mass is 10.0. The van der Waals surface area contributed by atoms with Crippen molar-refractivity contribution in [2.45, 2.75) is 33.1 Å². The summed E-state index contributed by atoms with van der Waals surface area (Å²) in [5, 5.41) is 12.5. The normalized spacial score (nSPS) is 13.8. The van der Waals surface area contributed by atoms with Crippen LogP contribution in [0.1, 0.15) is 25.8 Å². The number of benzene rings is 1. The van der Waals surface area contributed by atoms with E-state index >= 15 is 0 Å². The maximum Gasteiger partial charge on any atom is 0.573 e. The number of ether oxygens (including phenoxy) is 1. The van der Waals surface area contributed by atoms with Gasteiger partial charge in [-0.2, -0.15) is 0 Å². The van der Waals surface area contributed by atoms with Gasteiger partial charge in [0.2, 0.25) is 0 Å². The summed E-state index contributed by atoms with van der Waals surface area (Å²) in [6, 6.07) is 5.58. The molecule has 0 saturated heterocycles. The van der Waals surface area contributed by atoms with Crippen molar-refractivity contribution in [1.29, 1.82) is 0 Å². The Labute approximate surface area is 146 Å². The van der Waals surface area contributed by atoms with Crippen LogP contribution in [-0.4, -0.2) is 37.1 Å². The Bertz CT molecular complexity index is 531. The molecule has 0 amide bonds. The van der Waals surface area contributed by atoms with E-state index in [1.165, 1.54) is 24.3 Å². The maximum absolute atomic E-state index is 12.1. The van der Waals surface area contributed by atoms with Crippen LogP contribution in [0.25, 0.3) is 0 Å². The predicted molar refractivity (Wildman–Crippen MR) is 91.4 cm³/mol. The number of guanidine groups is 1. The first kappa shape index (κ1) is 21.1. The fraction of sp³-hybridized carbons (Fsp3) is 0.588. The van der Waals surface area contributed by atoms with Gasteiger partial charge in [0.15, 0.2) is 5.96 Å². The fourth-order valence-corrected chi connectivity index (χ4v) is 2.12. The van der Waals surface area contributed by atoms with Crippen LogP contribution in [0.4, 0.5) is 13.2 Å². The first-order valence-corrected chi connectivity index (χ1v) is 8.19. The SMILES string of the molecule is CC(C)CCNC(N)=NCC(CO)Cc1ccc(OC(F)(F)F)cc1. The Hall–Kier alpha value is -1.96. The first-order chi connectivity index (χ1) is 11.7. The van der Waals surface area contributed by atoms with Crippen LogP contribution in [0.2, 0.25) is 0 Å². The summed E-state index contributed by atoms with van der Waals surface area (Å²) >= 11 is 0. The minimum Gasteiger partial charge on any atom is -0.406 e. The molecule has 1 unspecified atom stereocenters. The molecule has 5 nitrogen and oxygen atoms in total. The third kappa shape index (κ3) is 9.81. The number of halogens is 3. The summed E-state index contributed by atoms with van der Waals surface area (Å²) in [5.41, 5.74) is 6.56. The van der Waals surface area contributed by atoms with Gasteiger partial charge in [0.25, 0.3) is 0 Å². The molecule has 1 atom stereocenters. The van der Waals surface area contributed by atoms with Gasteiger partial charge in [0.1, 0.15) is 5.75 Å². The van der Waals surface area contributed by atoms with Gasteiger partial charge in [-0.3, -0.25) is 4.99 Å². The van der Waals surface area contributed by atoms with Gasteiger partial charge >= 0.3 is 6.36 Å². The molecule has 8 heteroatoms. The van der Waals surface area contributed by atoms with Crippen molar-refractivity contribution in [3.05, 3.63) is 29.8 Å². The molecule has 0 bridgehead atoms. The quantitative estimate of drug-likeness (QED) is 0.467. The third-order valence-electron chi connectivity index (χ3n) is 3.49. The van der Waals surface area contributed by atoms with E-state index in [4.69, 9.17) is 5.73 Å². The van der Waals surface area contributed by atoms with Gasteiger partial charge < -0.3 is 20.9 Å². The minimum absolute atomic E-state index is 0.0937. The molecule has 0 radical (unpaired) electrons. The van der Waals surface area contributed by atoms with Crippen molar-refractivity contribution in [2.75, 3.05) is 19.7 Å². The van der Waals surface area contributed by atoms with Crippen molar-refractivity contribution < 1.29 is 23.0 Å². The fourth-order valence-electron chi connectivity index (χ4n) is 2.12. The molecule has 0 aliphatic rings. The van der Waals surface area contributed by atoms with Gasteiger partial charge in [-0.25, -0.2) is 0 Å². The Morgan fingerprint density at radius 2 is 1.92 bits per heavy atom. The highest BCUT2D eigenvalue weighted by Crippen LogP contribution is 2.23. The second-order valence-electron chi connectivity index (χ2n) is 6.28. The van der Waals surface area contributed by atoms with E-state index < -0.39 is 6.36 Å². The molecular formula is C17H26F3N3O2. The number of nitrogens with zero attached hydrogens (tertiary/aromatic N) is 1. The third-order valence-corrected chi connectivity index (χ3v) is 3.49. The zero-order valence-corrected chi connectivity index (χ0v) is 14.5.